The third kappa shape index (κ3) is 5.13. The SMILES string of the molecule is C[C@H]1[C@@H](C(=O)NC(C#N)c2cnc(N)c3ccccc23)N(C(=O)CNC(=O)C(F)(F)F)CC1(C)C. The van der Waals surface area contributed by atoms with E-state index in [0.717, 1.165) is 4.90 Å². The summed E-state index contributed by atoms with van der Waals surface area (Å²) in [5.41, 5.74) is 5.77. The standard InChI is InChI=1S/C23H25F3N6O3/c1-12-18(32(11-22(12,2)3)17(33)10-30-21(35)23(24,25)26)20(34)31-16(8-27)15-9-29-19(28)14-7-5-4-6-13(14)15/h4-7,9,12,16,18H,10-11H2,1-3H3,(H2,28,29)(H,30,35)(H,31,34)/t12-,16?,18-/m0/s1. The van der Waals surface area contributed by atoms with Gasteiger partial charge in [0.05, 0.1) is 12.6 Å². The fraction of sp³-hybridized carbons (Fsp3) is 0.435. The van der Waals surface area contributed by atoms with Crippen molar-refractivity contribution in [3.05, 3.63) is 36.0 Å². The van der Waals surface area contributed by atoms with Gasteiger partial charge in [-0.2, -0.15) is 18.4 Å². The van der Waals surface area contributed by atoms with Crippen LogP contribution in [0, 0.1) is 22.7 Å². The van der Waals surface area contributed by atoms with Crippen molar-refractivity contribution in [3.63, 3.8) is 0 Å². The van der Waals surface area contributed by atoms with Gasteiger partial charge in [-0.3, -0.25) is 14.4 Å². The minimum atomic E-state index is -5.13. The number of nitrogens with two attached hydrogens (primary N) is 1. The number of carbonyl (C=O) groups excluding carboxylic acids is 3. The van der Waals surface area contributed by atoms with E-state index < -0.39 is 53.9 Å². The van der Waals surface area contributed by atoms with E-state index in [-0.39, 0.29) is 12.4 Å². The van der Waals surface area contributed by atoms with Gasteiger partial charge in [0.15, 0.2) is 0 Å². The number of hydrogen-bond donors (Lipinski definition) is 3. The molecule has 12 heteroatoms. The number of fused-ring (bicyclic) bond motifs is 1. The summed E-state index contributed by atoms with van der Waals surface area (Å²) in [5.74, 6) is -3.87. The number of rotatable bonds is 5. The minimum Gasteiger partial charge on any atom is -0.383 e. The van der Waals surface area contributed by atoms with Crippen molar-refractivity contribution >= 4 is 34.3 Å². The van der Waals surface area contributed by atoms with Crippen LogP contribution in [-0.2, 0) is 14.4 Å². The number of nitrogens with zero attached hydrogens (tertiary/aromatic N) is 3. The van der Waals surface area contributed by atoms with Crippen molar-refractivity contribution in [1.29, 1.82) is 5.26 Å². The Morgan fingerprint density at radius 2 is 1.91 bits per heavy atom. The summed E-state index contributed by atoms with van der Waals surface area (Å²) in [6.07, 6.45) is -3.74. The summed E-state index contributed by atoms with van der Waals surface area (Å²) >= 11 is 0. The molecule has 2 aromatic rings. The summed E-state index contributed by atoms with van der Waals surface area (Å²) in [4.78, 5) is 42.4. The minimum absolute atomic E-state index is 0.0799. The number of aromatic nitrogens is 1. The number of nitrogen functional groups attached to an aromatic ring is 1. The fourth-order valence-electron chi connectivity index (χ4n) is 4.22. The molecule has 0 spiro atoms. The van der Waals surface area contributed by atoms with Gasteiger partial charge in [-0.15, -0.1) is 0 Å². The fourth-order valence-corrected chi connectivity index (χ4v) is 4.22. The smallest absolute Gasteiger partial charge is 0.383 e. The maximum Gasteiger partial charge on any atom is 0.471 e. The maximum absolute atomic E-state index is 13.3. The average molecular weight is 490 g/mol. The number of nitrogens with one attached hydrogen (secondary N) is 2. The number of anilines is 1. The number of pyridine rings is 1. The van der Waals surface area contributed by atoms with Crippen LogP contribution < -0.4 is 16.4 Å². The molecule has 1 aromatic heterocycles. The van der Waals surface area contributed by atoms with E-state index in [9.17, 15) is 32.8 Å². The molecular weight excluding hydrogens is 465 g/mol. The molecule has 0 saturated carbocycles. The Hall–Kier alpha value is -3.88. The molecule has 0 aliphatic carbocycles. The number of benzene rings is 1. The van der Waals surface area contributed by atoms with E-state index in [2.05, 4.69) is 10.3 Å². The lowest BCUT2D eigenvalue weighted by Gasteiger charge is -2.28. The highest BCUT2D eigenvalue weighted by Crippen LogP contribution is 2.40. The van der Waals surface area contributed by atoms with Gasteiger partial charge < -0.3 is 21.3 Å². The second-order valence-electron chi connectivity index (χ2n) is 9.14. The molecule has 3 amide bonds. The van der Waals surface area contributed by atoms with Gasteiger partial charge in [0.2, 0.25) is 11.8 Å². The summed E-state index contributed by atoms with van der Waals surface area (Å²) < 4.78 is 37.5. The first-order valence-corrected chi connectivity index (χ1v) is 10.8. The van der Waals surface area contributed by atoms with Crippen LogP contribution in [0.3, 0.4) is 0 Å². The summed E-state index contributed by atoms with van der Waals surface area (Å²) in [5, 5.41) is 15.2. The van der Waals surface area contributed by atoms with Gasteiger partial charge in [0.25, 0.3) is 0 Å². The molecule has 186 valence electrons. The zero-order chi connectivity index (χ0) is 26.1. The van der Waals surface area contributed by atoms with Gasteiger partial charge in [-0.25, -0.2) is 4.98 Å². The Balaban J connectivity index is 1.85. The third-order valence-electron chi connectivity index (χ3n) is 6.45. The molecule has 1 aliphatic rings. The number of halogens is 3. The molecule has 3 rings (SSSR count). The van der Waals surface area contributed by atoms with Crippen LogP contribution in [0.25, 0.3) is 10.8 Å². The number of hydrogen-bond acceptors (Lipinski definition) is 6. The predicted molar refractivity (Wildman–Crippen MR) is 120 cm³/mol. The topological polar surface area (TPSA) is 141 Å². The lowest BCUT2D eigenvalue weighted by atomic mass is 9.80. The van der Waals surface area contributed by atoms with Gasteiger partial charge in [0.1, 0.15) is 17.9 Å². The molecule has 35 heavy (non-hydrogen) atoms. The average Bonchev–Trinajstić information content (AvgIpc) is 3.04. The van der Waals surface area contributed by atoms with Gasteiger partial charge >= 0.3 is 12.1 Å². The third-order valence-corrected chi connectivity index (χ3v) is 6.45. The largest absolute Gasteiger partial charge is 0.471 e. The number of likely N-dealkylation sites (tertiary alicyclic amines) is 1. The number of alkyl halides is 3. The molecule has 1 aromatic carbocycles. The second kappa shape index (κ2) is 9.40. The molecule has 9 nitrogen and oxygen atoms in total. The van der Waals surface area contributed by atoms with Gasteiger partial charge in [-0.1, -0.05) is 45.0 Å². The molecule has 0 radical (unpaired) electrons. The summed E-state index contributed by atoms with van der Waals surface area (Å²) in [7, 11) is 0. The molecule has 1 aliphatic heterocycles. The monoisotopic (exact) mass is 490 g/mol. The Morgan fingerprint density at radius 1 is 1.29 bits per heavy atom. The van der Waals surface area contributed by atoms with Crippen molar-refractivity contribution in [2.24, 2.45) is 11.3 Å². The van der Waals surface area contributed by atoms with Crippen molar-refractivity contribution < 1.29 is 27.6 Å². The highest BCUT2D eigenvalue weighted by Gasteiger charge is 2.50. The first kappa shape index (κ1) is 25.7. The van der Waals surface area contributed by atoms with E-state index in [1.807, 2.05) is 19.9 Å². The van der Waals surface area contributed by atoms with E-state index in [1.54, 1.807) is 36.5 Å². The quantitative estimate of drug-likeness (QED) is 0.586. The highest BCUT2D eigenvalue weighted by molar-refractivity contribution is 5.95. The molecule has 2 heterocycles. The Morgan fingerprint density at radius 3 is 2.51 bits per heavy atom. The maximum atomic E-state index is 13.3. The number of carbonyl (C=O) groups is 3. The first-order valence-electron chi connectivity index (χ1n) is 10.8. The molecule has 1 unspecified atom stereocenters. The van der Waals surface area contributed by atoms with Crippen molar-refractivity contribution in [2.75, 3.05) is 18.8 Å². The molecule has 1 fully saturated rings. The first-order chi connectivity index (χ1) is 16.3. The molecule has 1 saturated heterocycles. The van der Waals surface area contributed by atoms with Crippen LogP contribution in [0.5, 0.6) is 0 Å². The van der Waals surface area contributed by atoms with E-state index in [4.69, 9.17) is 5.73 Å². The van der Waals surface area contributed by atoms with E-state index >= 15 is 0 Å². The second-order valence-corrected chi connectivity index (χ2v) is 9.14. The molecule has 4 N–H and O–H groups in total. The highest BCUT2D eigenvalue weighted by atomic mass is 19.4. The van der Waals surface area contributed by atoms with Crippen LogP contribution in [0.4, 0.5) is 19.0 Å². The molecule has 3 atom stereocenters. The van der Waals surface area contributed by atoms with E-state index in [0.29, 0.717) is 16.3 Å². The predicted octanol–water partition coefficient (Wildman–Crippen LogP) is 2.05. The van der Waals surface area contributed by atoms with Crippen LogP contribution >= 0.6 is 0 Å². The van der Waals surface area contributed by atoms with Gasteiger partial charge in [-0.05, 0) is 16.7 Å². The number of nitriles is 1. The Kier molecular flexibility index (Phi) is 6.91. The zero-order valence-electron chi connectivity index (χ0n) is 19.3. The molecular formula is C23H25F3N6O3. The normalized spacial score (nSPS) is 20.2. The van der Waals surface area contributed by atoms with Crippen molar-refractivity contribution in [1.82, 2.24) is 20.5 Å². The van der Waals surface area contributed by atoms with Crippen LogP contribution in [0.1, 0.15) is 32.4 Å². The zero-order valence-corrected chi connectivity index (χ0v) is 19.3. The Bertz CT molecular complexity index is 1210. The Labute approximate surface area is 199 Å². The van der Waals surface area contributed by atoms with Crippen LogP contribution in [0.15, 0.2) is 30.5 Å². The lowest BCUT2D eigenvalue weighted by Crippen LogP contribution is -2.52. The van der Waals surface area contributed by atoms with E-state index in [1.165, 1.54) is 6.20 Å². The summed E-state index contributed by atoms with van der Waals surface area (Å²) in [6.45, 7) is 4.54. The van der Waals surface area contributed by atoms with Crippen molar-refractivity contribution in [2.45, 2.75) is 39.0 Å². The van der Waals surface area contributed by atoms with Gasteiger partial charge in [0, 0.05) is 23.7 Å². The van der Waals surface area contributed by atoms with Crippen LogP contribution in [0.2, 0.25) is 0 Å². The van der Waals surface area contributed by atoms with Crippen molar-refractivity contribution in [3.8, 4) is 6.07 Å². The molecule has 0 bridgehead atoms. The lowest BCUT2D eigenvalue weighted by molar-refractivity contribution is -0.174. The summed E-state index contributed by atoms with van der Waals surface area (Å²) in [6, 6.07) is 6.80. The number of amides is 3. The van der Waals surface area contributed by atoms with Crippen LogP contribution in [-0.4, -0.2) is 52.9 Å².